The maximum absolute atomic E-state index is 5.65. The lowest BCUT2D eigenvalue weighted by molar-refractivity contribution is 0.128. The molecule has 1 aliphatic heterocycles. The van der Waals surface area contributed by atoms with Crippen molar-refractivity contribution in [3.05, 3.63) is 18.3 Å². The zero-order valence-corrected chi connectivity index (χ0v) is 11.0. The summed E-state index contributed by atoms with van der Waals surface area (Å²) in [6.07, 6.45) is 1.73. The van der Waals surface area contributed by atoms with Gasteiger partial charge in [0.15, 0.2) is 0 Å². The number of aromatic nitrogens is 1. The number of pyridine rings is 1. The number of hydrogen-bond donors (Lipinski definition) is 1. The van der Waals surface area contributed by atoms with Crippen molar-refractivity contribution in [2.24, 2.45) is 0 Å². The summed E-state index contributed by atoms with van der Waals surface area (Å²) >= 11 is 0. The zero-order chi connectivity index (χ0) is 12.5. The highest BCUT2D eigenvalue weighted by atomic mass is 15.3. The van der Waals surface area contributed by atoms with Gasteiger partial charge < -0.3 is 10.6 Å². The first-order valence-corrected chi connectivity index (χ1v) is 6.18. The van der Waals surface area contributed by atoms with Crippen molar-refractivity contribution in [1.82, 2.24) is 9.88 Å². The number of nitrogens with zero attached hydrogens (tertiary/aromatic N) is 3. The molecule has 2 heterocycles. The van der Waals surface area contributed by atoms with E-state index in [0.29, 0.717) is 0 Å². The average molecular weight is 234 g/mol. The van der Waals surface area contributed by atoms with Gasteiger partial charge in [-0.1, -0.05) is 0 Å². The Bertz CT molecular complexity index is 358. The highest BCUT2D eigenvalue weighted by molar-refractivity contribution is 5.46. The van der Waals surface area contributed by atoms with Crippen molar-refractivity contribution in [2.45, 2.75) is 26.3 Å². The molecule has 0 unspecified atom stereocenters. The van der Waals surface area contributed by atoms with E-state index in [2.05, 4.69) is 35.6 Å². The van der Waals surface area contributed by atoms with Crippen LogP contribution in [0.3, 0.4) is 0 Å². The molecule has 1 aromatic rings. The molecule has 2 N–H and O–H groups in total. The average Bonchev–Trinajstić information content (AvgIpc) is 2.29. The predicted molar refractivity (Wildman–Crippen MR) is 72.2 cm³/mol. The van der Waals surface area contributed by atoms with Crippen LogP contribution in [0.4, 0.5) is 11.5 Å². The molecule has 1 aromatic heterocycles. The Labute approximate surface area is 103 Å². The van der Waals surface area contributed by atoms with Crippen molar-refractivity contribution in [2.75, 3.05) is 36.8 Å². The third kappa shape index (κ3) is 2.88. The molecule has 0 radical (unpaired) electrons. The summed E-state index contributed by atoms with van der Waals surface area (Å²) in [6.45, 7) is 11.1. The van der Waals surface area contributed by atoms with Crippen LogP contribution in [0, 0.1) is 0 Å². The molecule has 0 amide bonds. The monoisotopic (exact) mass is 234 g/mol. The lowest BCUT2D eigenvalue weighted by atomic mass is 10.1. The second-order valence-electron chi connectivity index (χ2n) is 5.59. The topological polar surface area (TPSA) is 45.4 Å². The summed E-state index contributed by atoms with van der Waals surface area (Å²) < 4.78 is 0. The van der Waals surface area contributed by atoms with E-state index in [1.807, 2.05) is 12.1 Å². The van der Waals surface area contributed by atoms with Gasteiger partial charge in [-0.15, -0.1) is 0 Å². The van der Waals surface area contributed by atoms with Gasteiger partial charge in [0.05, 0.1) is 11.9 Å². The molecule has 0 spiro atoms. The minimum atomic E-state index is 0.265. The lowest BCUT2D eigenvalue weighted by Gasteiger charge is -2.42. The molecular weight excluding hydrogens is 212 g/mol. The predicted octanol–water partition coefficient (Wildman–Crippen LogP) is 1.58. The molecule has 0 atom stereocenters. The number of rotatable bonds is 1. The maximum atomic E-state index is 5.65. The van der Waals surface area contributed by atoms with Gasteiger partial charge in [-0.2, -0.15) is 0 Å². The Morgan fingerprint density at radius 2 is 1.76 bits per heavy atom. The number of nitrogens with two attached hydrogens (primary N) is 1. The Balaban J connectivity index is 1.97. The number of piperazine rings is 1. The molecule has 1 aliphatic rings. The third-order valence-corrected chi connectivity index (χ3v) is 3.32. The summed E-state index contributed by atoms with van der Waals surface area (Å²) in [7, 11) is 0. The fourth-order valence-corrected chi connectivity index (χ4v) is 2.19. The van der Waals surface area contributed by atoms with Crippen LogP contribution in [0.5, 0.6) is 0 Å². The molecule has 0 bridgehead atoms. The molecule has 4 heteroatoms. The van der Waals surface area contributed by atoms with Gasteiger partial charge >= 0.3 is 0 Å². The maximum Gasteiger partial charge on any atom is 0.128 e. The molecule has 4 nitrogen and oxygen atoms in total. The van der Waals surface area contributed by atoms with Crippen LogP contribution in [-0.4, -0.2) is 41.6 Å². The first-order valence-electron chi connectivity index (χ1n) is 6.18. The second kappa shape index (κ2) is 4.53. The zero-order valence-electron chi connectivity index (χ0n) is 11.0. The van der Waals surface area contributed by atoms with Crippen LogP contribution in [-0.2, 0) is 0 Å². The standard InChI is InChI=1S/C13H22N4/c1-13(2,3)17-8-6-16(7-9-17)12-5-4-11(14)10-15-12/h4-5,10H,6-9,14H2,1-3H3. The van der Waals surface area contributed by atoms with Gasteiger partial charge in [0, 0.05) is 31.7 Å². The lowest BCUT2D eigenvalue weighted by Crippen LogP contribution is -2.53. The molecular formula is C13H22N4. The van der Waals surface area contributed by atoms with E-state index in [1.54, 1.807) is 6.20 Å². The Morgan fingerprint density at radius 3 is 2.24 bits per heavy atom. The fraction of sp³-hybridized carbons (Fsp3) is 0.615. The van der Waals surface area contributed by atoms with E-state index < -0.39 is 0 Å². The molecule has 2 rings (SSSR count). The minimum absolute atomic E-state index is 0.265. The number of hydrogen-bond acceptors (Lipinski definition) is 4. The van der Waals surface area contributed by atoms with Crippen molar-refractivity contribution in [3.8, 4) is 0 Å². The SMILES string of the molecule is CC(C)(C)N1CCN(c2ccc(N)cn2)CC1. The van der Waals surface area contributed by atoms with Gasteiger partial charge in [-0.25, -0.2) is 4.98 Å². The summed E-state index contributed by atoms with van der Waals surface area (Å²) in [4.78, 5) is 9.21. The summed E-state index contributed by atoms with van der Waals surface area (Å²) in [6, 6.07) is 3.92. The van der Waals surface area contributed by atoms with E-state index in [0.717, 1.165) is 37.7 Å². The molecule has 0 aliphatic carbocycles. The quantitative estimate of drug-likeness (QED) is 0.801. The summed E-state index contributed by atoms with van der Waals surface area (Å²) in [5, 5.41) is 0. The van der Waals surface area contributed by atoms with Crippen LogP contribution < -0.4 is 10.6 Å². The highest BCUT2D eigenvalue weighted by Crippen LogP contribution is 2.19. The molecule has 1 fully saturated rings. The van der Waals surface area contributed by atoms with Gasteiger partial charge in [0.25, 0.3) is 0 Å². The smallest absolute Gasteiger partial charge is 0.128 e. The van der Waals surface area contributed by atoms with E-state index in [4.69, 9.17) is 5.73 Å². The molecule has 0 aromatic carbocycles. The Morgan fingerprint density at radius 1 is 1.12 bits per heavy atom. The van der Waals surface area contributed by atoms with E-state index in [-0.39, 0.29) is 5.54 Å². The molecule has 0 saturated carbocycles. The van der Waals surface area contributed by atoms with Crippen molar-refractivity contribution < 1.29 is 0 Å². The van der Waals surface area contributed by atoms with E-state index >= 15 is 0 Å². The molecule has 94 valence electrons. The van der Waals surface area contributed by atoms with Gasteiger partial charge in [-0.05, 0) is 32.9 Å². The Hall–Kier alpha value is -1.29. The van der Waals surface area contributed by atoms with Crippen LogP contribution in [0.2, 0.25) is 0 Å². The normalized spacial score (nSPS) is 18.4. The van der Waals surface area contributed by atoms with Crippen molar-refractivity contribution in [3.63, 3.8) is 0 Å². The minimum Gasteiger partial charge on any atom is -0.397 e. The van der Waals surface area contributed by atoms with E-state index in [9.17, 15) is 0 Å². The fourth-order valence-electron chi connectivity index (χ4n) is 2.19. The van der Waals surface area contributed by atoms with Crippen LogP contribution in [0.25, 0.3) is 0 Å². The molecule has 1 saturated heterocycles. The van der Waals surface area contributed by atoms with Crippen molar-refractivity contribution in [1.29, 1.82) is 0 Å². The third-order valence-electron chi connectivity index (χ3n) is 3.32. The summed E-state index contributed by atoms with van der Waals surface area (Å²) in [5.74, 6) is 1.03. The summed E-state index contributed by atoms with van der Waals surface area (Å²) in [5.41, 5.74) is 6.63. The van der Waals surface area contributed by atoms with Crippen molar-refractivity contribution >= 4 is 11.5 Å². The van der Waals surface area contributed by atoms with Crippen LogP contribution in [0.1, 0.15) is 20.8 Å². The highest BCUT2D eigenvalue weighted by Gasteiger charge is 2.26. The van der Waals surface area contributed by atoms with Crippen LogP contribution in [0.15, 0.2) is 18.3 Å². The van der Waals surface area contributed by atoms with Crippen LogP contribution >= 0.6 is 0 Å². The Kier molecular flexibility index (Phi) is 3.24. The van der Waals surface area contributed by atoms with Gasteiger partial charge in [-0.3, -0.25) is 4.90 Å². The number of anilines is 2. The largest absolute Gasteiger partial charge is 0.397 e. The van der Waals surface area contributed by atoms with Gasteiger partial charge in [0.2, 0.25) is 0 Å². The van der Waals surface area contributed by atoms with Gasteiger partial charge in [0.1, 0.15) is 5.82 Å². The first kappa shape index (κ1) is 12.2. The first-order chi connectivity index (χ1) is 7.97. The second-order valence-corrected chi connectivity index (χ2v) is 5.59. The number of nitrogen functional groups attached to an aromatic ring is 1. The molecule has 17 heavy (non-hydrogen) atoms. The van der Waals surface area contributed by atoms with E-state index in [1.165, 1.54) is 0 Å².